The normalized spacial score (nSPS) is 13.9. The van der Waals surface area contributed by atoms with Crippen molar-refractivity contribution in [3.8, 4) is 0 Å². The van der Waals surface area contributed by atoms with Gasteiger partial charge >= 0.3 is 12.4 Å². The summed E-state index contributed by atoms with van der Waals surface area (Å²) in [6.45, 7) is 0. The van der Waals surface area contributed by atoms with E-state index >= 15 is 0 Å². The van der Waals surface area contributed by atoms with Crippen LogP contribution in [0.3, 0.4) is 0 Å². The van der Waals surface area contributed by atoms with Gasteiger partial charge in [0.05, 0.1) is 11.8 Å². The summed E-state index contributed by atoms with van der Waals surface area (Å²) in [7, 11) is 2.53. The van der Waals surface area contributed by atoms with Gasteiger partial charge in [-0.2, -0.15) is 31.4 Å². The topological polar surface area (TPSA) is 38.1 Å². The van der Waals surface area contributed by atoms with E-state index in [4.69, 9.17) is 0 Å². The van der Waals surface area contributed by atoms with Gasteiger partial charge in [0.15, 0.2) is 0 Å². The molecule has 0 spiro atoms. The van der Waals surface area contributed by atoms with Gasteiger partial charge < -0.3 is 0 Å². The Labute approximate surface area is 148 Å². The molecule has 2 rings (SSSR count). The summed E-state index contributed by atoms with van der Waals surface area (Å²) in [5, 5.41) is 3.72. The van der Waals surface area contributed by atoms with Gasteiger partial charge in [0.2, 0.25) is 0 Å². The van der Waals surface area contributed by atoms with E-state index in [9.17, 15) is 31.1 Å². The van der Waals surface area contributed by atoms with Gasteiger partial charge in [0.25, 0.3) is 5.56 Å². The van der Waals surface area contributed by atoms with Crippen molar-refractivity contribution in [1.82, 2.24) is 14.1 Å². The third kappa shape index (κ3) is 4.79. The van der Waals surface area contributed by atoms with E-state index in [0.717, 1.165) is 34.2 Å². The Hall–Kier alpha value is -2.01. The first-order valence-corrected chi connectivity index (χ1v) is 7.85. The van der Waals surface area contributed by atoms with Crippen molar-refractivity contribution in [2.75, 3.05) is 7.05 Å². The van der Waals surface area contributed by atoms with Gasteiger partial charge in [-0.05, 0) is 36.7 Å². The largest absolute Gasteiger partial charge is 0.416 e. The Morgan fingerprint density at radius 1 is 1.12 bits per heavy atom. The minimum Gasteiger partial charge on any atom is -0.268 e. The molecule has 0 N–H and O–H groups in total. The number of halogens is 6. The second kappa shape index (κ2) is 7.31. The SMILES string of the molecule is CN(Sc1cnn(C)c(=O)c1)[C@H](c1ccc(C(F)(F)F)cc1)C(F)(F)F. The predicted molar refractivity (Wildman–Crippen MR) is 83.3 cm³/mol. The fourth-order valence-electron chi connectivity index (χ4n) is 2.18. The van der Waals surface area contributed by atoms with E-state index in [1.54, 1.807) is 0 Å². The minimum absolute atomic E-state index is 0.178. The van der Waals surface area contributed by atoms with Crippen LogP contribution >= 0.6 is 11.9 Å². The molecule has 0 saturated heterocycles. The average molecular weight is 397 g/mol. The molecule has 0 unspecified atom stereocenters. The zero-order valence-electron chi connectivity index (χ0n) is 13.5. The molecule has 0 aliphatic rings. The maximum Gasteiger partial charge on any atom is 0.416 e. The van der Waals surface area contributed by atoms with Crippen LogP contribution in [0.25, 0.3) is 0 Å². The second-order valence-electron chi connectivity index (χ2n) is 5.35. The molecule has 142 valence electrons. The molecule has 26 heavy (non-hydrogen) atoms. The van der Waals surface area contributed by atoms with Crippen molar-refractivity contribution in [3.05, 3.63) is 58.0 Å². The van der Waals surface area contributed by atoms with Crippen molar-refractivity contribution in [3.63, 3.8) is 0 Å². The van der Waals surface area contributed by atoms with Gasteiger partial charge in [0, 0.05) is 18.0 Å². The highest BCUT2D eigenvalue weighted by Gasteiger charge is 2.44. The third-order valence-electron chi connectivity index (χ3n) is 3.42. The fourth-order valence-corrected chi connectivity index (χ4v) is 3.11. The van der Waals surface area contributed by atoms with Crippen molar-refractivity contribution in [2.24, 2.45) is 7.05 Å². The molecule has 0 aliphatic carbocycles. The number of alkyl halides is 6. The molecule has 1 aromatic heterocycles. The van der Waals surface area contributed by atoms with Crippen LogP contribution < -0.4 is 5.56 Å². The van der Waals surface area contributed by atoms with Crippen molar-refractivity contribution in [1.29, 1.82) is 0 Å². The molecule has 1 atom stereocenters. The van der Waals surface area contributed by atoms with Crippen LogP contribution in [0.1, 0.15) is 17.2 Å². The number of hydrogen-bond acceptors (Lipinski definition) is 4. The Kier molecular flexibility index (Phi) is 5.71. The highest BCUT2D eigenvalue weighted by atomic mass is 32.2. The van der Waals surface area contributed by atoms with Crippen LogP contribution in [-0.4, -0.2) is 27.3 Å². The summed E-state index contributed by atoms with van der Waals surface area (Å²) >= 11 is 0.621. The lowest BCUT2D eigenvalue weighted by Gasteiger charge is -2.29. The molecule has 0 radical (unpaired) electrons. The van der Waals surface area contributed by atoms with Crippen LogP contribution in [0.4, 0.5) is 26.3 Å². The zero-order chi connectivity index (χ0) is 19.7. The summed E-state index contributed by atoms with van der Waals surface area (Å²) in [5.74, 6) is 0. The lowest BCUT2D eigenvalue weighted by atomic mass is 10.0. The first-order valence-electron chi connectivity index (χ1n) is 7.07. The van der Waals surface area contributed by atoms with Crippen molar-refractivity contribution >= 4 is 11.9 Å². The Morgan fingerprint density at radius 3 is 2.15 bits per heavy atom. The molecule has 4 nitrogen and oxygen atoms in total. The summed E-state index contributed by atoms with van der Waals surface area (Å²) in [4.78, 5) is 11.7. The number of aryl methyl sites for hydroxylation is 1. The molecule has 0 fully saturated rings. The highest BCUT2D eigenvalue weighted by Crippen LogP contribution is 2.42. The zero-order valence-corrected chi connectivity index (χ0v) is 14.3. The molecule has 0 bridgehead atoms. The molecule has 0 aliphatic heterocycles. The van der Waals surface area contributed by atoms with E-state index in [2.05, 4.69) is 5.10 Å². The smallest absolute Gasteiger partial charge is 0.268 e. The van der Waals surface area contributed by atoms with Crippen molar-refractivity contribution in [2.45, 2.75) is 23.3 Å². The molecule has 2 aromatic rings. The van der Waals surface area contributed by atoms with Crippen LogP contribution in [-0.2, 0) is 13.2 Å². The van der Waals surface area contributed by atoms with E-state index in [1.165, 1.54) is 13.2 Å². The van der Waals surface area contributed by atoms with Gasteiger partial charge in [-0.25, -0.2) is 8.99 Å². The standard InChI is InChI=1S/C15H13F6N3OS/c1-23-12(25)7-11(8-22-23)26-24(2)13(15(19,20)21)9-3-5-10(6-4-9)14(16,17)18/h3-8,13H,1-2H3/t13-/m1/s1. The summed E-state index contributed by atoms with van der Waals surface area (Å²) < 4.78 is 80.1. The minimum atomic E-state index is -4.74. The Morgan fingerprint density at radius 2 is 1.69 bits per heavy atom. The van der Waals surface area contributed by atoms with Crippen LogP contribution in [0, 0.1) is 0 Å². The fraction of sp³-hybridized carbons (Fsp3) is 0.333. The average Bonchev–Trinajstić information content (AvgIpc) is 2.49. The third-order valence-corrected chi connectivity index (χ3v) is 4.35. The van der Waals surface area contributed by atoms with Gasteiger partial charge in [0.1, 0.15) is 6.04 Å². The van der Waals surface area contributed by atoms with Gasteiger partial charge in [-0.15, -0.1) is 0 Å². The maximum atomic E-state index is 13.5. The lowest BCUT2D eigenvalue weighted by molar-refractivity contribution is -0.169. The van der Waals surface area contributed by atoms with Crippen LogP contribution in [0.5, 0.6) is 0 Å². The Balaban J connectivity index is 2.32. The summed E-state index contributed by atoms with van der Waals surface area (Å²) in [6, 6.07) is 1.74. The molecular weight excluding hydrogens is 384 g/mol. The summed E-state index contributed by atoms with van der Waals surface area (Å²) in [6.07, 6.45) is -8.15. The number of nitrogens with zero attached hydrogens (tertiary/aromatic N) is 3. The number of rotatable bonds is 4. The number of hydrogen-bond donors (Lipinski definition) is 0. The van der Waals surface area contributed by atoms with Crippen LogP contribution in [0.2, 0.25) is 0 Å². The molecular formula is C15H13F6N3OS. The quantitative estimate of drug-likeness (QED) is 0.577. The van der Waals surface area contributed by atoms with E-state index < -0.39 is 29.5 Å². The molecule has 1 heterocycles. The van der Waals surface area contributed by atoms with E-state index in [-0.39, 0.29) is 10.5 Å². The van der Waals surface area contributed by atoms with Crippen LogP contribution in [0.15, 0.2) is 46.2 Å². The summed E-state index contributed by atoms with van der Waals surface area (Å²) in [5.41, 5.74) is -1.88. The van der Waals surface area contributed by atoms with E-state index in [1.807, 2.05) is 0 Å². The number of aromatic nitrogens is 2. The van der Waals surface area contributed by atoms with Gasteiger partial charge in [-0.3, -0.25) is 4.79 Å². The first kappa shape index (κ1) is 20.3. The highest BCUT2D eigenvalue weighted by molar-refractivity contribution is 7.97. The Bertz CT molecular complexity index is 816. The lowest BCUT2D eigenvalue weighted by Crippen LogP contribution is -2.32. The van der Waals surface area contributed by atoms with Gasteiger partial charge in [-0.1, -0.05) is 12.1 Å². The second-order valence-corrected chi connectivity index (χ2v) is 6.58. The molecule has 0 amide bonds. The monoisotopic (exact) mass is 397 g/mol. The predicted octanol–water partition coefficient (Wildman–Crippen LogP) is 4.04. The number of benzene rings is 1. The molecule has 1 aromatic carbocycles. The molecule has 0 saturated carbocycles. The molecule has 11 heteroatoms. The first-order chi connectivity index (χ1) is 11.9. The van der Waals surface area contributed by atoms with Crippen molar-refractivity contribution < 1.29 is 26.3 Å². The van der Waals surface area contributed by atoms with E-state index in [0.29, 0.717) is 24.1 Å². The maximum absolute atomic E-state index is 13.5.